The van der Waals surface area contributed by atoms with E-state index in [4.69, 9.17) is 9.47 Å². The maximum Gasteiger partial charge on any atom is 0.410 e. The van der Waals surface area contributed by atoms with Gasteiger partial charge in [-0.3, -0.25) is 0 Å². The molecule has 2 aromatic carbocycles. The lowest BCUT2D eigenvalue weighted by molar-refractivity contribution is 0.0270. The summed E-state index contributed by atoms with van der Waals surface area (Å²) >= 11 is 0. The van der Waals surface area contributed by atoms with Crippen LogP contribution in [0.2, 0.25) is 0 Å². The van der Waals surface area contributed by atoms with Crippen LogP contribution < -0.4 is 9.46 Å². The number of nitrogens with zero attached hydrogens (tertiary/aromatic N) is 1. The van der Waals surface area contributed by atoms with Crippen LogP contribution in [0.15, 0.2) is 59.5 Å². The van der Waals surface area contributed by atoms with Crippen molar-refractivity contribution in [2.75, 3.05) is 13.1 Å². The van der Waals surface area contributed by atoms with Gasteiger partial charge in [-0.1, -0.05) is 18.2 Å². The van der Waals surface area contributed by atoms with Crippen LogP contribution in [0.5, 0.6) is 11.5 Å². The van der Waals surface area contributed by atoms with Gasteiger partial charge in [0.25, 0.3) is 0 Å². The Balaban J connectivity index is 1.64. The van der Waals surface area contributed by atoms with Crippen molar-refractivity contribution in [2.24, 2.45) is 0 Å². The van der Waals surface area contributed by atoms with Crippen molar-refractivity contribution < 1.29 is 27.8 Å². The number of β-amino-alcohol motifs (C(OH)–C–C–N with tert-alkyl or cyclic N) is 1. The molecule has 1 heterocycles. The molecule has 0 aromatic heterocycles. The number of ether oxygens (including phenoxy) is 2. The predicted molar refractivity (Wildman–Crippen MR) is 111 cm³/mol. The number of benzene rings is 2. The second-order valence-electron chi connectivity index (χ2n) is 8.07. The van der Waals surface area contributed by atoms with Crippen molar-refractivity contribution in [3.63, 3.8) is 0 Å². The predicted octanol–water partition coefficient (Wildman–Crippen LogP) is 2.74. The number of carbonyl (C=O) groups excluding carboxylic acids is 1. The van der Waals surface area contributed by atoms with E-state index in [9.17, 15) is 18.3 Å². The van der Waals surface area contributed by atoms with Crippen molar-refractivity contribution in [3.05, 3.63) is 54.6 Å². The van der Waals surface area contributed by atoms with Gasteiger partial charge < -0.3 is 19.5 Å². The molecule has 1 aliphatic rings. The average Bonchev–Trinajstić information content (AvgIpc) is 3.02. The zero-order valence-electron chi connectivity index (χ0n) is 17.1. The van der Waals surface area contributed by atoms with Crippen LogP contribution in [0.3, 0.4) is 0 Å². The monoisotopic (exact) mass is 434 g/mol. The van der Waals surface area contributed by atoms with Crippen LogP contribution in [-0.2, 0) is 14.8 Å². The van der Waals surface area contributed by atoms with Gasteiger partial charge >= 0.3 is 6.09 Å². The molecular formula is C21H26N2O6S. The maximum atomic E-state index is 12.7. The first kappa shape index (κ1) is 22.1. The van der Waals surface area contributed by atoms with Crippen molar-refractivity contribution in [3.8, 4) is 11.5 Å². The molecule has 1 aliphatic heterocycles. The molecule has 30 heavy (non-hydrogen) atoms. The summed E-state index contributed by atoms with van der Waals surface area (Å²) in [6, 6.07) is 14.3. The standard InChI is InChI=1S/C21H26N2O6S/c1-21(2,3)29-20(25)23-13-18(19(24)14-23)22-30(26,27)17-11-9-16(10-12-17)28-15-7-5-4-6-8-15/h4-12,18-19,22,24H,13-14H2,1-3H3/t18-,19+/m0/s1. The van der Waals surface area contributed by atoms with Gasteiger partial charge in [0.1, 0.15) is 17.1 Å². The lowest BCUT2D eigenvalue weighted by Gasteiger charge is -2.24. The summed E-state index contributed by atoms with van der Waals surface area (Å²) in [5.74, 6) is 1.14. The zero-order valence-corrected chi connectivity index (χ0v) is 17.9. The molecule has 8 nitrogen and oxygen atoms in total. The van der Waals surface area contributed by atoms with Crippen molar-refractivity contribution in [1.82, 2.24) is 9.62 Å². The molecule has 0 saturated carbocycles. The summed E-state index contributed by atoms with van der Waals surface area (Å²) in [5.41, 5.74) is -0.677. The van der Waals surface area contributed by atoms with E-state index < -0.39 is 33.9 Å². The summed E-state index contributed by atoms with van der Waals surface area (Å²) in [7, 11) is -3.89. The molecule has 162 valence electrons. The summed E-state index contributed by atoms with van der Waals surface area (Å²) in [5, 5.41) is 10.2. The Kier molecular flexibility index (Phi) is 6.35. The third kappa shape index (κ3) is 5.71. The number of nitrogens with one attached hydrogen (secondary N) is 1. The minimum absolute atomic E-state index is 0.00798. The molecule has 2 atom stereocenters. The van der Waals surface area contributed by atoms with E-state index in [0.29, 0.717) is 11.5 Å². The van der Waals surface area contributed by atoms with E-state index in [2.05, 4.69) is 4.72 Å². The first-order valence-corrected chi connectivity index (χ1v) is 11.0. The Labute approximate surface area is 176 Å². The normalized spacial score (nSPS) is 19.5. The first-order valence-electron chi connectivity index (χ1n) is 9.55. The lowest BCUT2D eigenvalue weighted by Crippen LogP contribution is -2.43. The Morgan fingerprint density at radius 2 is 1.63 bits per heavy atom. The van der Waals surface area contributed by atoms with Crippen LogP contribution in [0, 0.1) is 0 Å². The summed E-state index contributed by atoms with van der Waals surface area (Å²) < 4.78 is 38.8. The van der Waals surface area contributed by atoms with E-state index in [1.54, 1.807) is 45.0 Å². The van der Waals surface area contributed by atoms with Crippen LogP contribution >= 0.6 is 0 Å². The maximum absolute atomic E-state index is 12.7. The van der Waals surface area contributed by atoms with Crippen LogP contribution in [0.25, 0.3) is 0 Å². The van der Waals surface area contributed by atoms with Crippen molar-refractivity contribution >= 4 is 16.1 Å². The minimum atomic E-state index is -3.89. The number of rotatable bonds is 5. The minimum Gasteiger partial charge on any atom is -0.457 e. The number of sulfonamides is 1. The largest absolute Gasteiger partial charge is 0.457 e. The van der Waals surface area contributed by atoms with Gasteiger partial charge in [0, 0.05) is 6.54 Å². The average molecular weight is 435 g/mol. The quantitative estimate of drug-likeness (QED) is 0.750. The fourth-order valence-electron chi connectivity index (χ4n) is 2.96. The van der Waals surface area contributed by atoms with Gasteiger partial charge in [-0.05, 0) is 57.2 Å². The number of hydrogen-bond acceptors (Lipinski definition) is 6. The molecule has 0 unspecified atom stereocenters. The fraction of sp³-hybridized carbons (Fsp3) is 0.381. The first-order chi connectivity index (χ1) is 14.0. The number of para-hydroxylation sites is 1. The van der Waals surface area contributed by atoms with Gasteiger partial charge in [-0.2, -0.15) is 0 Å². The van der Waals surface area contributed by atoms with E-state index in [-0.39, 0.29) is 18.0 Å². The fourth-order valence-corrected chi connectivity index (χ4v) is 4.22. The Bertz CT molecular complexity index is 971. The van der Waals surface area contributed by atoms with Crippen LogP contribution in [-0.4, -0.2) is 55.4 Å². The smallest absolute Gasteiger partial charge is 0.410 e. The van der Waals surface area contributed by atoms with E-state index in [1.807, 2.05) is 18.2 Å². The number of amides is 1. The molecule has 2 aromatic rings. The molecule has 0 bridgehead atoms. The number of carbonyl (C=O) groups is 1. The molecule has 1 fully saturated rings. The second kappa shape index (κ2) is 8.63. The third-order valence-electron chi connectivity index (χ3n) is 4.36. The molecule has 1 amide bonds. The second-order valence-corrected chi connectivity index (χ2v) is 9.78. The molecule has 9 heteroatoms. The summed E-state index contributed by atoms with van der Waals surface area (Å²) in [4.78, 5) is 13.5. The molecular weight excluding hydrogens is 408 g/mol. The highest BCUT2D eigenvalue weighted by Gasteiger charge is 2.38. The van der Waals surface area contributed by atoms with Gasteiger partial charge in [-0.15, -0.1) is 0 Å². The van der Waals surface area contributed by atoms with Crippen LogP contribution in [0.1, 0.15) is 20.8 Å². The van der Waals surface area contributed by atoms with Crippen LogP contribution in [0.4, 0.5) is 4.79 Å². The molecule has 0 aliphatic carbocycles. The number of aliphatic hydroxyl groups is 1. The molecule has 0 spiro atoms. The zero-order chi connectivity index (χ0) is 21.9. The molecule has 1 saturated heterocycles. The molecule has 2 N–H and O–H groups in total. The van der Waals surface area contributed by atoms with Gasteiger partial charge in [0.2, 0.25) is 10.0 Å². The molecule has 0 radical (unpaired) electrons. The Morgan fingerprint density at radius 3 is 2.23 bits per heavy atom. The van der Waals surface area contributed by atoms with Gasteiger partial charge in [0.15, 0.2) is 0 Å². The van der Waals surface area contributed by atoms with E-state index in [0.717, 1.165) is 0 Å². The van der Waals surface area contributed by atoms with E-state index >= 15 is 0 Å². The van der Waals surface area contributed by atoms with Crippen molar-refractivity contribution in [2.45, 2.75) is 43.4 Å². The molecule has 3 rings (SSSR count). The van der Waals surface area contributed by atoms with Gasteiger partial charge in [0.05, 0.1) is 23.6 Å². The topological polar surface area (TPSA) is 105 Å². The lowest BCUT2D eigenvalue weighted by atomic mass is 10.2. The van der Waals surface area contributed by atoms with Gasteiger partial charge in [-0.25, -0.2) is 17.9 Å². The Hall–Kier alpha value is -2.62. The highest BCUT2D eigenvalue weighted by Crippen LogP contribution is 2.23. The number of aliphatic hydroxyl groups excluding tert-OH is 1. The SMILES string of the molecule is CC(C)(C)OC(=O)N1C[C@@H](O)[C@@H](NS(=O)(=O)c2ccc(Oc3ccccc3)cc2)C1. The number of likely N-dealkylation sites (tertiary alicyclic amines) is 1. The summed E-state index contributed by atoms with van der Waals surface area (Å²) in [6.45, 7) is 5.23. The third-order valence-corrected chi connectivity index (χ3v) is 5.87. The highest BCUT2D eigenvalue weighted by molar-refractivity contribution is 7.89. The highest BCUT2D eigenvalue weighted by atomic mass is 32.2. The van der Waals surface area contributed by atoms with Crippen molar-refractivity contribution in [1.29, 1.82) is 0 Å². The summed E-state index contributed by atoms with van der Waals surface area (Å²) in [6.07, 6.45) is -1.63. The van der Waals surface area contributed by atoms with E-state index in [1.165, 1.54) is 17.0 Å². The number of hydrogen-bond donors (Lipinski definition) is 2. The Morgan fingerprint density at radius 1 is 1.03 bits per heavy atom.